The van der Waals surface area contributed by atoms with Gasteiger partial charge in [-0.1, -0.05) is 11.8 Å². The van der Waals surface area contributed by atoms with Gasteiger partial charge >= 0.3 is 0 Å². The van der Waals surface area contributed by atoms with Crippen molar-refractivity contribution in [2.24, 2.45) is 0 Å². The van der Waals surface area contributed by atoms with E-state index in [0.717, 1.165) is 31.4 Å². The number of nitrogens with one attached hydrogen (secondary N) is 1. The average Bonchev–Trinajstić information content (AvgIpc) is 2.61. The monoisotopic (exact) mass is 338 g/mol. The van der Waals surface area contributed by atoms with Gasteiger partial charge in [0.2, 0.25) is 5.91 Å². The second-order valence-electron chi connectivity index (χ2n) is 5.76. The number of fused-ring (bicyclic) bond motifs is 1. The van der Waals surface area contributed by atoms with E-state index in [-0.39, 0.29) is 11.2 Å². The number of rotatable bonds is 4. The largest absolute Gasteiger partial charge is 0.324 e. The smallest absolute Gasteiger partial charge is 0.237 e. The Morgan fingerprint density at radius 1 is 1.42 bits per heavy atom. The van der Waals surface area contributed by atoms with Crippen molar-refractivity contribution in [2.75, 3.05) is 5.32 Å². The maximum absolute atomic E-state index is 12.3. The molecule has 0 saturated carbocycles. The van der Waals surface area contributed by atoms with Crippen molar-refractivity contribution in [3.05, 3.63) is 47.4 Å². The highest BCUT2D eigenvalue weighted by atomic mass is 32.2. The Kier molecular flexibility index (Phi) is 5.11. The van der Waals surface area contributed by atoms with Crippen molar-refractivity contribution in [3.63, 3.8) is 0 Å². The van der Waals surface area contributed by atoms with Crippen LogP contribution in [0.5, 0.6) is 0 Å². The van der Waals surface area contributed by atoms with Crippen LogP contribution in [-0.4, -0.2) is 21.1 Å². The van der Waals surface area contributed by atoms with Crippen LogP contribution in [0.1, 0.15) is 36.6 Å². The fourth-order valence-corrected chi connectivity index (χ4v) is 3.58. The van der Waals surface area contributed by atoms with E-state index in [2.05, 4.69) is 21.4 Å². The SMILES string of the molecule is CC(Sc1nc2c(cc1C#N)CCCC2)C(=O)Nc1cccnc1. The maximum atomic E-state index is 12.3. The summed E-state index contributed by atoms with van der Waals surface area (Å²) in [5, 5.41) is 12.5. The van der Waals surface area contributed by atoms with E-state index < -0.39 is 0 Å². The molecule has 1 unspecified atom stereocenters. The number of carbonyl (C=O) groups is 1. The fourth-order valence-electron chi connectivity index (χ4n) is 2.69. The second-order valence-corrected chi connectivity index (χ2v) is 7.09. The molecule has 1 aliphatic rings. The highest BCUT2D eigenvalue weighted by Crippen LogP contribution is 2.30. The molecule has 122 valence electrons. The zero-order chi connectivity index (χ0) is 16.9. The summed E-state index contributed by atoms with van der Waals surface area (Å²) in [7, 11) is 0. The van der Waals surface area contributed by atoms with Crippen molar-refractivity contribution in [1.29, 1.82) is 5.26 Å². The van der Waals surface area contributed by atoms with Crippen LogP contribution < -0.4 is 5.32 Å². The Balaban J connectivity index is 1.75. The van der Waals surface area contributed by atoms with Crippen LogP contribution in [0.3, 0.4) is 0 Å². The third-order valence-corrected chi connectivity index (χ3v) is 5.08. The van der Waals surface area contributed by atoms with Gasteiger partial charge in [-0.3, -0.25) is 9.78 Å². The first-order chi connectivity index (χ1) is 11.7. The molecule has 0 aromatic carbocycles. The molecule has 1 aliphatic carbocycles. The number of nitriles is 1. The molecule has 1 N–H and O–H groups in total. The highest BCUT2D eigenvalue weighted by molar-refractivity contribution is 8.00. The van der Waals surface area contributed by atoms with Gasteiger partial charge in [0.15, 0.2) is 0 Å². The minimum absolute atomic E-state index is 0.128. The van der Waals surface area contributed by atoms with Crippen LogP contribution in [0, 0.1) is 11.3 Å². The first kappa shape index (κ1) is 16.5. The lowest BCUT2D eigenvalue weighted by Gasteiger charge is -2.18. The number of carbonyl (C=O) groups excluding carboxylic acids is 1. The summed E-state index contributed by atoms with van der Waals surface area (Å²) in [6.45, 7) is 1.82. The summed E-state index contributed by atoms with van der Waals surface area (Å²) in [6, 6.07) is 7.72. The lowest BCUT2D eigenvalue weighted by atomic mass is 9.95. The maximum Gasteiger partial charge on any atom is 0.237 e. The highest BCUT2D eigenvalue weighted by Gasteiger charge is 2.20. The van der Waals surface area contributed by atoms with Gasteiger partial charge in [0.25, 0.3) is 0 Å². The molecular weight excluding hydrogens is 320 g/mol. The summed E-state index contributed by atoms with van der Waals surface area (Å²) in [5.74, 6) is -0.128. The first-order valence-electron chi connectivity index (χ1n) is 7.98. The molecule has 0 radical (unpaired) electrons. The van der Waals surface area contributed by atoms with Crippen LogP contribution in [-0.2, 0) is 17.6 Å². The van der Waals surface area contributed by atoms with Gasteiger partial charge in [-0.15, -0.1) is 0 Å². The third kappa shape index (κ3) is 3.74. The molecule has 5 nitrogen and oxygen atoms in total. The molecule has 1 atom stereocenters. The lowest BCUT2D eigenvalue weighted by Crippen LogP contribution is -2.23. The van der Waals surface area contributed by atoms with Crippen molar-refractivity contribution < 1.29 is 4.79 Å². The van der Waals surface area contributed by atoms with Gasteiger partial charge in [0.05, 0.1) is 22.7 Å². The Morgan fingerprint density at radius 3 is 3.00 bits per heavy atom. The Hall–Kier alpha value is -2.39. The number of nitrogens with zero attached hydrogens (tertiary/aromatic N) is 3. The number of hydrogen-bond donors (Lipinski definition) is 1. The average molecular weight is 338 g/mol. The number of aromatic nitrogens is 2. The van der Waals surface area contributed by atoms with Gasteiger partial charge in [-0.2, -0.15) is 5.26 Å². The summed E-state index contributed by atoms with van der Waals surface area (Å²) in [6.07, 6.45) is 7.48. The molecule has 3 rings (SSSR count). The molecule has 2 aromatic rings. The number of thioether (sulfide) groups is 1. The minimum atomic E-state index is -0.355. The van der Waals surface area contributed by atoms with Crippen molar-refractivity contribution >= 4 is 23.4 Å². The Morgan fingerprint density at radius 2 is 2.25 bits per heavy atom. The van der Waals surface area contributed by atoms with Crippen LogP contribution in [0.15, 0.2) is 35.6 Å². The Labute approximate surface area is 145 Å². The standard InChI is InChI=1S/C18H18N4OS/c1-12(17(23)21-15-6-4-8-20-11-15)24-18-14(10-19)9-13-5-2-3-7-16(13)22-18/h4,6,8-9,11-12H,2-3,5,7H2,1H3,(H,21,23). The normalized spacial score (nSPS) is 14.3. The molecule has 24 heavy (non-hydrogen) atoms. The van der Waals surface area contributed by atoms with E-state index >= 15 is 0 Å². The zero-order valence-corrected chi connectivity index (χ0v) is 14.3. The van der Waals surface area contributed by atoms with Gasteiger partial charge in [0.1, 0.15) is 11.1 Å². The first-order valence-corrected chi connectivity index (χ1v) is 8.86. The van der Waals surface area contributed by atoms with Gasteiger partial charge in [0, 0.05) is 11.9 Å². The molecular formula is C18H18N4OS. The molecule has 0 fully saturated rings. The molecule has 0 bridgehead atoms. The van der Waals surface area contributed by atoms with Crippen molar-refractivity contribution in [1.82, 2.24) is 9.97 Å². The quantitative estimate of drug-likeness (QED) is 0.865. The molecule has 0 spiro atoms. The molecule has 2 heterocycles. The number of pyridine rings is 2. The van der Waals surface area contributed by atoms with Gasteiger partial charge in [-0.05, 0) is 56.4 Å². The predicted molar refractivity (Wildman–Crippen MR) is 93.8 cm³/mol. The molecule has 2 aromatic heterocycles. The van der Waals surface area contributed by atoms with E-state index in [0.29, 0.717) is 16.3 Å². The van der Waals surface area contributed by atoms with Gasteiger partial charge < -0.3 is 5.32 Å². The van der Waals surface area contributed by atoms with Crippen LogP contribution >= 0.6 is 11.8 Å². The van der Waals surface area contributed by atoms with Crippen LogP contribution in [0.2, 0.25) is 0 Å². The molecule has 6 heteroatoms. The predicted octanol–water partition coefficient (Wildman–Crippen LogP) is 3.35. The topological polar surface area (TPSA) is 78.7 Å². The van der Waals surface area contributed by atoms with Crippen LogP contribution in [0.4, 0.5) is 5.69 Å². The summed E-state index contributed by atoms with van der Waals surface area (Å²) >= 11 is 1.33. The molecule has 1 amide bonds. The molecule has 0 saturated heterocycles. The minimum Gasteiger partial charge on any atom is -0.324 e. The second kappa shape index (κ2) is 7.45. The summed E-state index contributed by atoms with van der Waals surface area (Å²) < 4.78 is 0. The summed E-state index contributed by atoms with van der Waals surface area (Å²) in [4.78, 5) is 21.0. The number of aryl methyl sites for hydroxylation is 2. The fraction of sp³-hybridized carbons (Fsp3) is 0.333. The van der Waals surface area contributed by atoms with E-state index in [1.54, 1.807) is 24.5 Å². The third-order valence-electron chi connectivity index (χ3n) is 3.97. The van der Waals surface area contributed by atoms with E-state index in [4.69, 9.17) is 0 Å². The van der Waals surface area contributed by atoms with E-state index in [9.17, 15) is 10.1 Å². The number of hydrogen-bond acceptors (Lipinski definition) is 5. The lowest BCUT2D eigenvalue weighted by molar-refractivity contribution is -0.115. The molecule has 0 aliphatic heterocycles. The summed E-state index contributed by atoms with van der Waals surface area (Å²) in [5.41, 5.74) is 3.47. The van der Waals surface area contributed by atoms with E-state index in [1.165, 1.54) is 17.3 Å². The number of anilines is 1. The van der Waals surface area contributed by atoms with E-state index in [1.807, 2.05) is 13.0 Å². The number of amides is 1. The zero-order valence-electron chi connectivity index (χ0n) is 13.5. The van der Waals surface area contributed by atoms with Gasteiger partial charge in [-0.25, -0.2) is 4.98 Å². The van der Waals surface area contributed by atoms with Crippen LogP contribution in [0.25, 0.3) is 0 Å². The Bertz CT molecular complexity index is 786. The van der Waals surface area contributed by atoms with Crippen molar-refractivity contribution in [2.45, 2.75) is 42.9 Å². The van der Waals surface area contributed by atoms with Crippen molar-refractivity contribution in [3.8, 4) is 6.07 Å².